The standard InChI is InChI=1S/C20H23FN4O/c21-17-6-2-1-4-14(17)10-19(26)25-9-7-18-16(13-25)12-23-20(24-18)15-5-3-8-22-11-15/h1-2,4,6,12,15,22H,3,5,7-11,13H2/t15-/m0/s1. The van der Waals surface area contributed by atoms with E-state index < -0.39 is 0 Å². The number of hydrogen-bond acceptors (Lipinski definition) is 4. The maximum atomic E-state index is 13.8. The summed E-state index contributed by atoms with van der Waals surface area (Å²) >= 11 is 0. The quantitative estimate of drug-likeness (QED) is 0.918. The molecule has 0 saturated carbocycles. The number of rotatable bonds is 3. The molecule has 0 aliphatic carbocycles. The summed E-state index contributed by atoms with van der Waals surface area (Å²) in [6.45, 7) is 3.14. The van der Waals surface area contributed by atoms with E-state index in [0.717, 1.165) is 49.4 Å². The van der Waals surface area contributed by atoms with Crippen LogP contribution in [0.5, 0.6) is 0 Å². The molecule has 2 aliphatic heterocycles. The summed E-state index contributed by atoms with van der Waals surface area (Å²) in [6.07, 6.45) is 4.97. The van der Waals surface area contributed by atoms with Crippen LogP contribution in [-0.2, 0) is 24.2 Å². The third-order valence-corrected chi connectivity index (χ3v) is 5.27. The van der Waals surface area contributed by atoms with Crippen LogP contribution in [0.25, 0.3) is 0 Å². The molecule has 0 bridgehead atoms. The van der Waals surface area contributed by atoms with Gasteiger partial charge in [0.1, 0.15) is 11.6 Å². The fourth-order valence-corrected chi connectivity index (χ4v) is 3.73. The first-order chi connectivity index (χ1) is 12.7. The van der Waals surface area contributed by atoms with E-state index in [0.29, 0.717) is 24.6 Å². The summed E-state index contributed by atoms with van der Waals surface area (Å²) in [6, 6.07) is 6.45. The number of carbonyl (C=O) groups is 1. The zero-order valence-corrected chi connectivity index (χ0v) is 14.7. The van der Waals surface area contributed by atoms with Crippen molar-refractivity contribution >= 4 is 5.91 Å². The summed E-state index contributed by atoms with van der Waals surface area (Å²) in [5.74, 6) is 0.922. The molecule has 0 radical (unpaired) electrons. The first-order valence-electron chi connectivity index (χ1n) is 9.27. The van der Waals surface area contributed by atoms with Gasteiger partial charge >= 0.3 is 0 Å². The fraction of sp³-hybridized carbons (Fsp3) is 0.450. The molecule has 3 heterocycles. The van der Waals surface area contributed by atoms with Crippen molar-refractivity contribution in [3.63, 3.8) is 0 Å². The SMILES string of the molecule is O=C(Cc1ccccc1F)N1CCc2nc([C@H]3CCCNC3)ncc2C1. The first kappa shape index (κ1) is 17.1. The van der Waals surface area contributed by atoms with Crippen LogP contribution in [0.2, 0.25) is 0 Å². The molecule has 136 valence electrons. The first-order valence-corrected chi connectivity index (χ1v) is 9.27. The zero-order valence-electron chi connectivity index (χ0n) is 14.7. The summed E-state index contributed by atoms with van der Waals surface area (Å²) in [5.41, 5.74) is 2.50. The van der Waals surface area contributed by atoms with E-state index in [2.05, 4.69) is 10.3 Å². The van der Waals surface area contributed by atoms with E-state index in [1.165, 1.54) is 6.07 Å². The van der Waals surface area contributed by atoms with Crippen molar-refractivity contribution in [3.8, 4) is 0 Å². The van der Waals surface area contributed by atoms with Gasteiger partial charge in [0.2, 0.25) is 5.91 Å². The van der Waals surface area contributed by atoms with Crippen molar-refractivity contribution in [2.45, 2.75) is 38.1 Å². The second-order valence-electron chi connectivity index (χ2n) is 7.08. The minimum atomic E-state index is -0.327. The Hall–Kier alpha value is -2.34. The van der Waals surface area contributed by atoms with Crippen LogP contribution in [0.4, 0.5) is 4.39 Å². The van der Waals surface area contributed by atoms with Gasteiger partial charge in [0.05, 0.1) is 12.1 Å². The molecule has 1 saturated heterocycles. The lowest BCUT2D eigenvalue weighted by Crippen LogP contribution is -2.38. The Morgan fingerprint density at radius 3 is 3.04 bits per heavy atom. The highest BCUT2D eigenvalue weighted by Crippen LogP contribution is 2.23. The maximum absolute atomic E-state index is 13.8. The van der Waals surface area contributed by atoms with Gasteiger partial charge in [0.25, 0.3) is 0 Å². The van der Waals surface area contributed by atoms with E-state index >= 15 is 0 Å². The molecular weight excluding hydrogens is 331 g/mol. The molecule has 6 heteroatoms. The molecule has 4 rings (SSSR count). The fourth-order valence-electron chi connectivity index (χ4n) is 3.73. The van der Waals surface area contributed by atoms with E-state index in [-0.39, 0.29) is 18.1 Å². The van der Waals surface area contributed by atoms with E-state index in [1.807, 2.05) is 6.20 Å². The Labute approximate surface area is 152 Å². The smallest absolute Gasteiger partial charge is 0.227 e. The second-order valence-corrected chi connectivity index (χ2v) is 7.08. The molecule has 2 aliphatic rings. The minimum Gasteiger partial charge on any atom is -0.338 e. The van der Waals surface area contributed by atoms with E-state index in [1.54, 1.807) is 23.1 Å². The van der Waals surface area contributed by atoms with E-state index in [9.17, 15) is 9.18 Å². The minimum absolute atomic E-state index is 0.0543. The molecule has 1 amide bonds. The third kappa shape index (κ3) is 3.60. The Balaban J connectivity index is 1.44. The topological polar surface area (TPSA) is 58.1 Å². The largest absolute Gasteiger partial charge is 0.338 e. The number of nitrogens with one attached hydrogen (secondary N) is 1. The number of nitrogens with zero attached hydrogens (tertiary/aromatic N) is 3. The molecule has 1 aromatic heterocycles. The summed E-state index contributed by atoms with van der Waals surface area (Å²) in [4.78, 5) is 23.7. The number of aromatic nitrogens is 2. The Kier molecular flexibility index (Phi) is 4.93. The number of halogens is 1. The molecule has 0 spiro atoms. The van der Waals surface area contributed by atoms with Crippen molar-refractivity contribution in [1.82, 2.24) is 20.2 Å². The van der Waals surface area contributed by atoms with Gasteiger partial charge in [-0.2, -0.15) is 0 Å². The van der Waals surface area contributed by atoms with Gasteiger partial charge in [0, 0.05) is 43.7 Å². The Morgan fingerprint density at radius 2 is 2.23 bits per heavy atom. The Bertz CT molecular complexity index is 804. The Morgan fingerprint density at radius 1 is 1.35 bits per heavy atom. The second kappa shape index (κ2) is 7.50. The number of fused-ring (bicyclic) bond motifs is 1. The van der Waals surface area contributed by atoms with Crippen LogP contribution < -0.4 is 5.32 Å². The zero-order chi connectivity index (χ0) is 17.9. The average molecular weight is 354 g/mol. The lowest BCUT2D eigenvalue weighted by Gasteiger charge is -2.29. The molecule has 26 heavy (non-hydrogen) atoms. The van der Waals surface area contributed by atoms with Crippen LogP contribution in [-0.4, -0.2) is 40.4 Å². The van der Waals surface area contributed by atoms with Gasteiger partial charge in [-0.1, -0.05) is 18.2 Å². The highest BCUT2D eigenvalue weighted by atomic mass is 19.1. The monoisotopic (exact) mass is 354 g/mol. The number of piperidine rings is 1. The molecule has 1 aromatic carbocycles. The van der Waals surface area contributed by atoms with Crippen molar-refractivity contribution in [1.29, 1.82) is 0 Å². The number of benzene rings is 1. The average Bonchev–Trinajstić information content (AvgIpc) is 2.69. The van der Waals surface area contributed by atoms with Crippen LogP contribution in [0.15, 0.2) is 30.5 Å². The van der Waals surface area contributed by atoms with Crippen LogP contribution in [0.1, 0.15) is 41.4 Å². The van der Waals surface area contributed by atoms with Gasteiger partial charge in [-0.25, -0.2) is 14.4 Å². The van der Waals surface area contributed by atoms with E-state index in [4.69, 9.17) is 4.98 Å². The predicted molar refractivity (Wildman–Crippen MR) is 96.1 cm³/mol. The van der Waals surface area contributed by atoms with Gasteiger partial charge < -0.3 is 10.2 Å². The van der Waals surface area contributed by atoms with Gasteiger partial charge in [-0.05, 0) is 31.0 Å². The number of carbonyl (C=O) groups excluding carboxylic acids is 1. The molecule has 0 unspecified atom stereocenters. The van der Waals surface area contributed by atoms with Crippen LogP contribution in [0, 0.1) is 5.82 Å². The lowest BCUT2D eigenvalue weighted by molar-refractivity contribution is -0.131. The molecule has 5 nitrogen and oxygen atoms in total. The van der Waals surface area contributed by atoms with Crippen molar-refractivity contribution in [3.05, 3.63) is 58.9 Å². The molecular formula is C20H23FN4O. The summed E-state index contributed by atoms with van der Waals surface area (Å²) in [7, 11) is 0. The van der Waals surface area contributed by atoms with Crippen molar-refractivity contribution in [2.24, 2.45) is 0 Å². The summed E-state index contributed by atoms with van der Waals surface area (Å²) < 4.78 is 13.8. The summed E-state index contributed by atoms with van der Waals surface area (Å²) in [5, 5.41) is 3.40. The number of amides is 1. The highest BCUT2D eigenvalue weighted by Gasteiger charge is 2.25. The molecule has 1 atom stereocenters. The van der Waals surface area contributed by atoms with Gasteiger partial charge in [-0.15, -0.1) is 0 Å². The molecule has 1 fully saturated rings. The lowest BCUT2D eigenvalue weighted by atomic mass is 9.98. The molecule has 1 N–H and O–H groups in total. The highest BCUT2D eigenvalue weighted by molar-refractivity contribution is 5.79. The maximum Gasteiger partial charge on any atom is 0.227 e. The predicted octanol–water partition coefficient (Wildman–Crippen LogP) is 2.21. The molecule has 2 aromatic rings. The van der Waals surface area contributed by atoms with Gasteiger partial charge in [-0.3, -0.25) is 4.79 Å². The van der Waals surface area contributed by atoms with Gasteiger partial charge in [0.15, 0.2) is 0 Å². The third-order valence-electron chi connectivity index (χ3n) is 5.27. The normalized spacial score (nSPS) is 19.9. The van der Waals surface area contributed by atoms with Crippen molar-refractivity contribution < 1.29 is 9.18 Å². The van der Waals surface area contributed by atoms with Crippen LogP contribution >= 0.6 is 0 Å². The van der Waals surface area contributed by atoms with Crippen LogP contribution in [0.3, 0.4) is 0 Å². The number of hydrogen-bond donors (Lipinski definition) is 1. The van der Waals surface area contributed by atoms with Crippen molar-refractivity contribution in [2.75, 3.05) is 19.6 Å².